The molecule has 2 atom stereocenters. The van der Waals surface area contributed by atoms with E-state index >= 15 is 0 Å². The van der Waals surface area contributed by atoms with E-state index in [0.29, 0.717) is 24.4 Å². The summed E-state index contributed by atoms with van der Waals surface area (Å²) >= 11 is 0. The van der Waals surface area contributed by atoms with E-state index in [4.69, 9.17) is 0 Å². The molecule has 1 saturated heterocycles. The molecule has 4 rings (SSSR count). The Balaban J connectivity index is 1.50. The number of tetrazole rings is 1. The minimum absolute atomic E-state index is 0.100. The summed E-state index contributed by atoms with van der Waals surface area (Å²) < 4.78 is 15.7. The highest BCUT2D eigenvalue weighted by Gasteiger charge is 2.56. The highest BCUT2D eigenvalue weighted by Crippen LogP contribution is 2.46. The zero-order chi connectivity index (χ0) is 23.3. The van der Waals surface area contributed by atoms with Gasteiger partial charge in [-0.2, -0.15) is 4.68 Å². The summed E-state index contributed by atoms with van der Waals surface area (Å²) in [4.78, 5) is 39.3. The molecule has 1 saturated carbocycles. The number of aromatic nitrogens is 4. The Morgan fingerprint density at radius 2 is 2.06 bits per heavy atom. The Bertz CT molecular complexity index is 1100. The van der Waals surface area contributed by atoms with Crippen LogP contribution in [0.2, 0.25) is 0 Å². The molecule has 32 heavy (non-hydrogen) atoms. The van der Waals surface area contributed by atoms with Gasteiger partial charge in [0.25, 0.3) is 5.91 Å². The molecule has 4 amide bonds. The maximum absolute atomic E-state index is 14.3. The molecule has 10 nitrogen and oxygen atoms in total. The molecule has 2 aliphatic rings. The number of carbonyl (C=O) groups excluding carboxylic acids is 3. The monoisotopic (exact) mass is 443 g/mol. The standard InChI is InChI=1S/C21H26FN7O3/c1-12-8-20(3,4)11-21(9-12)18(31)28(19(32)24-21)10-17(30)23-16-7-14(5-6-15(16)22)29-13(2)25-26-27-29/h5-7,12H,8-11H2,1-4H3,(H,23,30)(H,24,32). The Hall–Kier alpha value is -3.37. The number of rotatable bonds is 4. The second-order valence-corrected chi connectivity index (χ2v) is 9.61. The molecular weight excluding hydrogens is 417 g/mol. The van der Waals surface area contributed by atoms with E-state index in [-0.39, 0.29) is 17.0 Å². The number of anilines is 1. The number of halogens is 1. The quantitative estimate of drug-likeness (QED) is 0.699. The minimum atomic E-state index is -0.999. The van der Waals surface area contributed by atoms with Crippen LogP contribution in [0.15, 0.2) is 18.2 Å². The van der Waals surface area contributed by atoms with E-state index in [9.17, 15) is 18.8 Å². The van der Waals surface area contributed by atoms with Crippen molar-refractivity contribution in [3.8, 4) is 5.69 Å². The summed E-state index contributed by atoms with van der Waals surface area (Å²) in [5, 5.41) is 16.4. The van der Waals surface area contributed by atoms with Gasteiger partial charge in [-0.05, 0) is 66.1 Å². The third-order valence-corrected chi connectivity index (χ3v) is 6.02. The van der Waals surface area contributed by atoms with Crippen LogP contribution in [0.3, 0.4) is 0 Å². The van der Waals surface area contributed by atoms with Crippen molar-refractivity contribution in [2.75, 3.05) is 11.9 Å². The van der Waals surface area contributed by atoms with Gasteiger partial charge in [-0.3, -0.25) is 14.5 Å². The number of nitrogens with zero attached hydrogens (tertiary/aromatic N) is 5. The molecule has 2 aromatic rings. The van der Waals surface area contributed by atoms with Gasteiger partial charge in [-0.25, -0.2) is 9.18 Å². The number of amides is 4. The van der Waals surface area contributed by atoms with Crippen molar-refractivity contribution in [1.82, 2.24) is 30.4 Å². The number of hydrogen-bond donors (Lipinski definition) is 2. The lowest BCUT2D eigenvalue weighted by atomic mass is 9.64. The molecule has 2 fully saturated rings. The largest absolute Gasteiger partial charge is 0.325 e. The average Bonchev–Trinajstić information content (AvgIpc) is 3.19. The molecule has 11 heteroatoms. The van der Waals surface area contributed by atoms with Gasteiger partial charge in [0.05, 0.1) is 11.4 Å². The Labute approximate surface area is 184 Å². The number of benzene rings is 1. The van der Waals surface area contributed by atoms with Gasteiger partial charge in [-0.15, -0.1) is 5.10 Å². The summed E-state index contributed by atoms with van der Waals surface area (Å²) in [6.45, 7) is 7.37. The van der Waals surface area contributed by atoms with Gasteiger partial charge in [0.1, 0.15) is 17.9 Å². The van der Waals surface area contributed by atoms with Gasteiger partial charge < -0.3 is 10.6 Å². The zero-order valence-electron chi connectivity index (χ0n) is 18.5. The SMILES string of the molecule is Cc1nnnn1-c1ccc(F)c(NC(=O)CN2C(=O)NC3(CC(C)CC(C)(C)C3)C2=O)c1. The number of carbonyl (C=O) groups is 3. The summed E-state index contributed by atoms with van der Waals surface area (Å²) in [5.41, 5.74) is -0.758. The molecule has 1 aromatic heterocycles. The van der Waals surface area contributed by atoms with Crippen molar-refractivity contribution >= 4 is 23.5 Å². The molecule has 2 heterocycles. The van der Waals surface area contributed by atoms with E-state index in [1.165, 1.54) is 22.9 Å². The van der Waals surface area contributed by atoms with Crippen molar-refractivity contribution in [3.63, 3.8) is 0 Å². The fraction of sp³-hybridized carbons (Fsp3) is 0.524. The van der Waals surface area contributed by atoms with E-state index in [2.05, 4.69) is 46.9 Å². The molecule has 1 aromatic carbocycles. The summed E-state index contributed by atoms with van der Waals surface area (Å²) in [6, 6.07) is 3.44. The molecular formula is C21H26FN7O3. The normalized spacial score (nSPS) is 24.7. The first-order valence-corrected chi connectivity index (χ1v) is 10.5. The van der Waals surface area contributed by atoms with Crippen molar-refractivity contribution in [1.29, 1.82) is 0 Å². The predicted octanol–water partition coefficient (Wildman–Crippen LogP) is 2.19. The second kappa shape index (κ2) is 7.64. The second-order valence-electron chi connectivity index (χ2n) is 9.61. The van der Waals surface area contributed by atoms with Gasteiger partial charge in [-0.1, -0.05) is 20.8 Å². The van der Waals surface area contributed by atoms with Gasteiger partial charge >= 0.3 is 6.03 Å². The fourth-order valence-corrected chi connectivity index (χ4v) is 5.19. The van der Waals surface area contributed by atoms with Crippen LogP contribution in [0.25, 0.3) is 5.69 Å². The Morgan fingerprint density at radius 3 is 2.72 bits per heavy atom. The van der Waals surface area contributed by atoms with Crippen LogP contribution in [0.5, 0.6) is 0 Å². The Morgan fingerprint density at radius 1 is 1.31 bits per heavy atom. The van der Waals surface area contributed by atoms with Gasteiger partial charge in [0, 0.05) is 0 Å². The molecule has 0 radical (unpaired) electrons. The zero-order valence-corrected chi connectivity index (χ0v) is 18.5. The summed E-state index contributed by atoms with van der Waals surface area (Å²) in [7, 11) is 0. The van der Waals surface area contributed by atoms with Crippen molar-refractivity contribution < 1.29 is 18.8 Å². The summed E-state index contributed by atoms with van der Waals surface area (Å²) in [6.07, 6.45) is 1.99. The van der Waals surface area contributed by atoms with Gasteiger partial charge in [0.15, 0.2) is 5.82 Å². The van der Waals surface area contributed by atoms with Crippen LogP contribution in [0.1, 0.15) is 45.9 Å². The maximum Gasteiger partial charge on any atom is 0.325 e. The third-order valence-electron chi connectivity index (χ3n) is 6.02. The fourth-order valence-electron chi connectivity index (χ4n) is 5.19. The summed E-state index contributed by atoms with van der Waals surface area (Å²) in [5.74, 6) is -1.01. The Kier molecular flexibility index (Phi) is 5.22. The first-order valence-electron chi connectivity index (χ1n) is 10.5. The molecule has 0 bridgehead atoms. The van der Waals surface area contributed by atoms with Crippen LogP contribution in [-0.4, -0.2) is 55.0 Å². The average molecular weight is 443 g/mol. The van der Waals surface area contributed by atoms with E-state index in [1.54, 1.807) is 6.92 Å². The molecule has 1 spiro atoms. The topological polar surface area (TPSA) is 122 Å². The predicted molar refractivity (Wildman–Crippen MR) is 112 cm³/mol. The highest BCUT2D eigenvalue weighted by molar-refractivity contribution is 6.10. The first kappa shape index (κ1) is 21.8. The van der Waals surface area contributed by atoms with Gasteiger partial charge in [0.2, 0.25) is 5.91 Å². The first-order chi connectivity index (χ1) is 15.0. The molecule has 170 valence electrons. The lowest BCUT2D eigenvalue weighted by Gasteiger charge is -2.43. The minimum Gasteiger partial charge on any atom is -0.323 e. The third kappa shape index (κ3) is 3.94. The lowest BCUT2D eigenvalue weighted by molar-refractivity contribution is -0.136. The van der Waals surface area contributed by atoms with Crippen LogP contribution in [0, 0.1) is 24.1 Å². The van der Waals surface area contributed by atoms with Crippen molar-refractivity contribution in [2.45, 2.75) is 52.5 Å². The lowest BCUT2D eigenvalue weighted by Crippen LogP contribution is -2.54. The molecule has 1 aliphatic carbocycles. The van der Waals surface area contributed by atoms with Crippen LogP contribution < -0.4 is 10.6 Å². The van der Waals surface area contributed by atoms with Crippen LogP contribution in [0.4, 0.5) is 14.9 Å². The highest BCUT2D eigenvalue weighted by atomic mass is 19.1. The van der Waals surface area contributed by atoms with Crippen LogP contribution in [-0.2, 0) is 9.59 Å². The van der Waals surface area contributed by atoms with E-state index in [0.717, 1.165) is 11.3 Å². The number of hydrogen-bond acceptors (Lipinski definition) is 6. The molecule has 2 N–H and O–H groups in total. The maximum atomic E-state index is 14.3. The molecule has 2 unspecified atom stereocenters. The number of urea groups is 1. The van der Waals surface area contributed by atoms with Crippen molar-refractivity contribution in [2.24, 2.45) is 11.3 Å². The van der Waals surface area contributed by atoms with E-state index < -0.39 is 35.7 Å². The number of nitrogens with one attached hydrogen (secondary N) is 2. The smallest absolute Gasteiger partial charge is 0.323 e. The van der Waals surface area contributed by atoms with Crippen LogP contribution >= 0.6 is 0 Å². The van der Waals surface area contributed by atoms with Crippen molar-refractivity contribution in [3.05, 3.63) is 29.8 Å². The number of aryl methyl sites for hydroxylation is 1. The number of imide groups is 1. The van der Waals surface area contributed by atoms with E-state index in [1.807, 2.05) is 0 Å². The molecule has 1 aliphatic heterocycles.